The second-order valence-electron chi connectivity index (χ2n) is 4.47. The summed E-state index contributed by atoms with van der Waals surface area (Å²) >= 11 is 0. The summed E-state index contributed by atoms with van der Waals surface area (Å²) in [5.41, 5.74) is 0. The third-order valence-electron chi connectivity index (χ3n) is 3.34. The molecule has 1 fully saturated rings. The lowest BCUT2D eigenvalue weighted by atomic mass is 10.3. The summed E-state index contributed by atoms with van der Waals surface area (Å²) in [6, 6.07) is 0.977. The average molecular weight is 240 g/mol. The van der Waals surface area contributed by atoms with Crippen LogP contribution in [0.15, 0.2) is 12.4 Å². The van der Waals surface area contributed by atoms with E-state index in [1.165, 1.54) is 17.0 Å². The van der Waals surface area contributed by atoms with Gasteiger partial charge in [-0.15, -0.1) is 0 Å². The first-order chi connectivity index (χ1) is 8.00. The van der Waals surface area contributed by atoms with Crippen molar-refractivity contribution < 1.29 is 10.0 Å². The highest BCUT2D eigenvalue weighted by Gasteiger charge is 2.40. The van der Waals surface area contributed by atoms with Gasteiger partial charge in [0.15, 0.2) is 0 Å². The lowest BCUT2D eigenvalue weighted by Crippen LogP contribution is -2.26. The molecule has 0 radical (unpaired) electrons. The normalized spacial score (nSPS) is 29.0. The summed E-state index contributed by atoms with van der Waals surface area (Å²) in [6.07, 6.45) is 2.26. The van der Waals surface area contributed by atoms with Crippen molar-refractivity contribution in [3.63, 3.8) is 0 Å². The maximum absolute atomic E-state index is 10.6. The predicted octanol–water partition coefficient (Wildman–Crippen LogP) is 0.245. The van der Waals surface area contributed by atoms with Gasteiger partial charge >= 0.3 is 5.95 Å². The molecule has 7 nitrogen and oxygen atoms in total. The van der Waals surface area contributed by atoms with Crippen molar-refractivity contribution in [3.05, 3.63) is 22.5 Å². The van der Waals surface area contributed by atoms with E-state index < -0.39 is 11.0 Å². The Bertz CT molecular complexity index is 411. The van der Waals surface area contributed by atoms with Crippen LogP contribution in [0.3, 0.4) is 0 Å². The number of hydrogen-bond acceptors (Lipinski definition) is 5. The van der Waals surface area contributed by atoms with Gasteiger partial charge in [0.05, 0.1) is 12.6 Å². The van der Waals surface area contributed by atoms with Gasteiger partial charge < -0.3 is 15.2 Å². The summed E-state index contributed by atoms with van der Waals surface area (Å²) in [5, 5.41) is 20.5. The van der Waals surface area contributed by atoms with E-state index in [0.717, 1.165) is 0 Å². The molecule has 1 aliphatic rings. The fraction of sp³-hybridized carbons (Fsp3) is 0.700. The predicted molar refractivity (Wildman–Crippen MR) is 60.5 cm³/mol. The molecule has 1 saturated heterocycles. The van der Waals surface area contributed by atoms with Crippen molar-refractivity contribution in [1.29, 1.82) is 0 Å². The van der Waals surface area contributed by atoms with Crippen molar-refractivity contribution in [1.82, 2.24) is 14.5 Å². The zero-order valence-electron chi connectivity index (χ0n) is 9.85. The van der Waals surface area contributed by atoms with Gasteiger partial charge in [0.1, 0.15) is 12.4 Å². The third kappa shape index (κ3) is 2.45. The number of hydrogen-bond donors (Lipinski definition) is 1. The Morgan fingerprint density at radius 1 is 1.53 bits per heavy atom. The van der Waals surface area contributed by atoms with Crippen LogP contribution in [0.25, 0.3) is 0 Å². The third-order valence-corrected chi connectivity index (χ3v) is 3.34. The number of nitro groups is 1. The lowest BCUT2D eigenvalue weighted by molar-refractivity contribution is -0.397. The average Bonchev–Trinajstić information content (AvgIpc) is 2.71. The number of aliphatic hydroxyl groups is 1. The second-order valence-corrected chi connectivity index (χ2v) is 4.47. The summed E-state index contributed by atoms with van der Waals surface area (Å²) < 4.78 is 1.36. The van der Waals surface area contributed by atoms with E-state index in [1.807, 2.05) is 0 Å². The molecule has 1 aliphatic heterocycles. The van der Waals surface area contributed by atoms with E-state index >= 15 is 0 Å². The Morgan fingerprint density at radius 3 is 2.71 bits per heavy atom. The number of rotatable bonds is 5. The topological polar surface area (TPSA) is 84.2 Å². The van der Waals surface area contributed by atoms with Gasteiger partial charge in [-0.3, -0.25) is 4.90 Å². The lowest BCUT2D eigenvalue weighted by Gasteiger charge is -2.11. The van der Waals surface area contributed by atoms with Crippen molar-refractivity contribution in [2.45, 2.75) is 38.6 Å². The summed E-state index contributed by atoms with van der Waals surface area (Å²) in [4.78, 5) is 15.9. The Kier molecular flexibility index (Phi) is 3.12. The molecule has 0 saturated carbocycles. The number of β-amino-alcohol motifs (C(OH)–C–C–N with tert-alkyl or cyclic N) is 1. The van der Waals surface area contributed by atoms with Crippen molar-refractivity contribution in [3.8, 4) is 0 Å². The molecule has 1 aromatic rings. The van der Waals surface area contributed by atoms with E-state index in [0.29, 0.717) is 18.6 Å². The molecule has 0 amide bonds. The molecule has 3 atom stereocenters. The van der Waals surface area contributed by atoms with Crippen molar-refractivity contribution in [2.75, 3.05) is 6.54 Å². The molecule has 1 unspecified atom stereocenters. The van der Waals surface area contributed by atoms with Gasteiger partial charge in [0.25, 0.3) is 0 Å². The SMILES string of the molecule is C[C@@H]1[C@@H](C)N1CC(O)Cn1ccnc1[N+](=O)[O-]. The molecule has 2 rings (SSSR count). The van der Waals surface area contributed by atoms with Crippen LogP contribution < -0.4 is 0 Å². The molecule has 94 valence electrons. The molecule has 0 bridgehead atoms. The number of imidazole rings is 1. The summed E-state index contributed by atoms with van der Waals surface area (Å²) in [6.45, 7) is 4.93. The minimum Gasteiger partial charge on any atom is -0.390 e. The first-order valence-corrected chi connectivity index (χ1v) is 5.60. The Balaban J connectivity index is 1.92. The quantitative estimate of drug-likeness (QED) is 0.453. The molecule has 0 spiro atoms. The molecule has 17 heavy (non-hydrogen) atoms. The smallest absolute Gasteiger partial charge is 0.390 e. The summed E-state index contributed by atoms with van der Waals surface area (Å²) in [5.74, 6) is -0.226. The van der Waals surface area contributed by atoms with Crippen LogP contribution in [0.5, 0.6) is 0 Å². The standard InChI is InChI=1S/C10H16N4O3/c1-7-8(2)13(7)6-9(15)5-12-4-3-11-10(12)14(16)17/h3-4,7-9,15H,5-6H2,1-2H3/t7-,8-,9?/m1/s1. The number of aliphatic hydroxyl groups excluding tert-OH is 1. The largest absolute Gasteiger partial charge is 0.434 e. The van der Waals surface area contributed by atoms with Crippen LogP contribution in [0.2, 0.25) is 0 Å². The van der Waals surface area contributed by atoms with Gasteiger partial charge in [-0.1, -0.05) is 4.98 Å². The zero-order chi connectivity index (χ0) is 12.6. The van der Waals surface area contributed by atoms with E-state index in [-0.39, 0.29) is 12.5 Å². The molecular formula is C10H16N4O3. The van der Waals surface area contributed by atoms with E-state index in [2.05, 4.69) is 23.7 Å². The minimum absolute atomic E-state index is 0.201. The summed E-state index contributed by atoms with van der Waals surface area (Å²) in [7, 11) is 0. The molecule has 1 aromatic heterocycles. The molecule has 7 heteroatoms. The number of aromatic nitrogens is 2. The van der Waals surface area contributed by atoms with Gasteiger partial charge in [0.2, 0.25) is 0 Å². The Hall–Kier alpha value is -1.47. The van der Waals surface area contributed by atoms with E-state index in [9.17, 15) is 15.2 Å². The molecule has 2 heterocycles. The van der Waals surface area contributed by atoms with Gasteiger partial charge in [-0.25, -0.2) is 4.57 Å². The van der Waals surface area contributed by atoms with Gasteiger partial charge in [-0.2, -0.15) is 0 Å². The fourth-order valence-corrected chi connectivity index (χ4v) is 2.06. The van der Waals surface area contributed by atoms with Gasteiger partial charge in [-0.05, 0) is 18.8 Å². The first kappa shape index (κ1) is 12.0. The monoisotopic (exact) mass is 240 g/mol. The van der Waals surface area contributed by atoms with Crippen LogP contribution in [0.4, 0.5) is 5.95 Å². The maximum atomic E-state index is 10.6. The molecule has 0 aromatic carbocycles. The Morgan fingerprint density at radius 2 is 2.18 bits per heavy atom. The molecule has 1 N–H and O–H groups in total. The van der Waals surface area contributed by atoms with E-state index in [4.69, 9.17) is 0 Å². The van der Waals surface area contributed by atoms with E-state index in [1.54, 1.807) is 0 Å². The minimum atomic E-state index is -0.615. The fourth-order valence-electron chi connectivity index (χ4n) is 2.06. The number of nitrogens with zero attached hydrogens (tertiary/aromatic N) is 4. The highest BCUT2D eigenvalue weighted by atomic mass is 16.6. The first-order valence-electron chi connectivity index (χ1n) is 5.60. The molecular weight excluding hydrogens is 224 g/mol. The molecule has 0 aliphatic carbocycles. The highest BCUT2D eigenvalue weighted by Crippen LogP contribution is 2.27. The van der Waals surface area contributed by atoms with Crippen LogP contribution in [0, 0.1) is 10.1 Å². The second kappa shape index (κ2) is 4.42. The maximum Gasteiger partial charge on any atom is 0.434 e. The van der Waals surface area contributed by atoms with Crippen LogP contribution in [-0.4, -0.2) is 49.2 Å². The highest BCUT2D eigenvalue weighted by molar-refractivity contribution is 5.07. The van der Waals surface area contributed by atoms with Crippen molar-refractivity contribution in [2.24, 2.45) is 0 Å². The van der Waals surface area contributed by atoms with Crippen LogP contribution in [0.1, 0.15) is 13.8 Å². The zero-order valence-corrected chi connectivity index (χ0v) is 9.85. The Labute approximate surface area is 98.8 Å². The van der Waals surface area contributed by atoms with Crippen molar-refractivity contribution >= 4 is 5.95 Å². The van der Waals surface area contributed by atoms with Crippen LogP contribution >= 0.6 is 0 Å². The van der Waals surface area contributed by atoms with Gasteiger partial charge in [0, 0.05) is 18.6 Å². The van der Waals surface area contributed by atoms with Crippen LogP contribution in [-0.2, 0) is 6.54 Å².